The van der Waals surface area contributed by atoms with Crippen LogP contribution in [-0.2, 0) is 16.4 Å². The van der Waals surface area contributed by atoms with Crippen molar-refractivity contribution in [3.05, 3.63) is 53.7 Å². The second kappa shape index (κ2) is 8.77. The van der Waals surface area contributed by atoms with Gasteiger partial charge < -0.3 is 14.1 Å². The van der Waals surface area contributed by atoms with Crippen LogP contribution in [0.25, 0.3) is 0 Å². The molecule has 1 atom stereocenters. The van der Waals surface area contributed by atoms with E-state index in [2.05, 4.69) is 0 Å². The Morgan fingerprint density at radius 3 is 2.64 bits per heavy atom. The van der Waals surface area contributed by atoms with Gasteiger partial charge in [-0.1, -0.05) is 13.3 Å². The number of furan rings is 1. The van der Waals surface area contributed by atoms with E-state index in [1.54, 1.807) is 17.0 Å². The largest absolute Gasteiger partial charge is 0.486 e. The van der Waals surface area contributed by atoms with Crippen molar-refractivity contribution < 1.29 is 26.8 Å². The number of carbonyl (C=O) groups is 1. The number of carbonyl (C=O) groups excluding carboxylic acids is 1. The Hall–Kier alpha value is -2.35. The third-order valence-electron chi connectivity index (χ3n) is 4.73. The van der Waals surface area contributed by atoms with Gasteiger partial charge in [0.05, 0.1) is 11.5 Å². The number of ether oxygens (including phenoxy) is 1. The summed E-state index contributed by atoms with van der Waals surface area (Å²) >= 11 is 0. The molecule has 0 bridgehead atoms. The highest BCUT2D eigenvalue weighted by Gasteiger charge is 2.35. The summed E-state index contributed by atoms with van der Waals surface area (Å²) in [6.07, 6.45) is 2.15. The molecule has 2 heterocycles. The van der Waals surface area contributed by atoms with E-state index in [0.29, 0.717) is 24.5 Å². The Kier molecular flexibility index (Phi) is 6.39. The second-order valence-corrected chi connectivity index (χ2v) is 9.15. The highest BCUT2D eigenvalue weighted by Crippen LogP contribution is 2.22. The summed E-state index contributed by atoms with van der Waals surface area (Å²) in [5.41, 5.74) is 0. The number of amides is 1. The van der Waals surface area contributed by atoms with E-state index in [0.717, 1.165) is 12.8 Å². The normalized spacial score (nSPS) is 18.1. The Bertz CT molecular complexity index is 907. The molecule has 2 aromatic rings. The van der Waals surface area contributed by atoms with E-state index in [1.807, 2.05) is 6.92 Å². The molecule has 1 aliphatic rings. The Morgan fingerprint density at radius 1 is 1.25 bits per heavy atom. The first-order chi connectivity index (χ1) is 13.4. The van der Waals surface area contributed by atoms with Crippen LogP contribution in [0.15, 0.2) is 40.8 Å². The molecule has 152 valence electrons. The highest BCUT2D eigenvalue weighted by molar-refractivity contribution is 7.91. The molecule has 0 spiro atoms. The zero-order valence-corrected chi connectivity index (χ0v) is 16.6. The van der Waals surface area contributed by atoms with Crippen LogP contribution in [0.2, 0.25) is 0 Å². The SMILES string of the molecule is CCCCN(C(=O)c1ccc(COc2ccc(F)cc2)o1)C1CCS(=O)(=O)C1. The Labute approximate surface area is 164 Å². The van der Waals surface area contributed by atoms with Gasteiger partial charge in [0.1, 0.15) is 23.9 Å². The van der Waals surface area contributed by atoms with Crippen LogP contribution in [-0.4, -0.2) is 43.3 Å². The van der Waals surface area contributed by atoms with Gasteiger partial charge in [0, 0.05) is 12.6 Å². The highest BCUT2D eigenvalue weighted by atomic mass is 32.2. The minimum atomic E-state index is -3.09. The predicted octanol–water partition coefficient (Wildman–Crippen LogP) is 3.43. The molecule has 3 rings (SSSR count). The molecule has 1 aromatic carbocycles. The standard InChI is InChI=1S/C20H24FNO5S/c1-2-3-11-22(16-10-12-28(24,25)14-16)20(23)19-9-8-18(27-19)13-26-17-6-4-15(21)5-7-17/h4-9,16H,2-3,10-14H2,1H3. The molecule has 1 aromatic heterocycles. The molecular formula is C20H24FNO5S. The number of rotatable bonds is 8. The molecule has 1 unspecified atom stereocenters. The summed E-state index contributed by atoms with van der Waals surface area (Å²) < 4.78 is 47.7. The number of sulfone groups is 1. The van der Waals surface area contributed by atoms with Gasteiger partial charge >= 0.3 is 0 Å². The Morgan fingerprint density at radius 2 is 2.00 bits per heavy atom. The van der Waals surface area contributed by atoms with Crippen molar-refractivity contribution in [1.82, 2.24) is 4.90 Å². The van der Waals surface area contributed by atoms with Gasteiger partial charge in [-0.3, -0.25) is 4.79 Å². The van der Waals surface area contributed by atoms with Gasteiger partial charge in [0.15, 0.2) is 15.6 Å². The zero-order valence-electron chi connectivity index (χ0n) is 15.8. The van der Waals surface area contributed by atoms with Crippen LogP contribution in [0.4, 0.5) is 4.39 Å². The Balaban J connectivity index is 1.66. The minimum Gasteiger partial charge on any atom is -0.486 e. The minimum absolute atomic E-state index is 0.00367. The summed E-state index contributed by atoms with van der Waals surface area (Å²) in [6, 6.07) is 8.54. The van der Waals surface area contributed by atoms with Gasteiger partial charge in [-0.15, -0.1) is 0 Å². The topological polar surface area (TPSA) is 76.8 Å². The molecule has 0 N–H and O–H groups in total. The molecule has 0 saturated carbocycles. The van der Waals surface area contributed by atoms with E-state index in [-0.39, 0.29) is 41.6 Å². The lowest BCUT2D eigenvalue weighted by molar-refractivity contribution is 0.0657. The second-order valence-electron chi connectivity index (χ2n) is 6.92. The van der Waals surface area contributed by atoms with E-state index in [4.69, 9.17) is 9.15 Å². The maximum atomic E-state index is 12.9. The smallest absolute Gasteiger partial charge is 0.289 e. The number of hydrogen-bond donors (Lipinski definition) is 0. The van der Waals surface area contributed by atoms with Crippen LogP contribution in [0.3, 0.4) is 0 Å². The number of benzene rings is 1. The van der Waals surface area contributed by atoms with Crippen molar-refractivity contribution in [1.29, 1.82) is 0 Å². The van der Waals surface area contributed by atoms with Crippen molar-refractivity contribution in [2.45, 2.75) is 38.8 Å². The summed E-state index contributed by atoms with van der Waals surface area (Å²) in [7, 11) is -3.09. The van der Waals surface area contributed by atoms with Gasteiger partial charge in [0.25, 0.3) is 5.91 Å². The van der Waals surface area contributed by atoms with Crippen LogP contribution >= 0.6 is 0 Å². The van der Waals surface area contributed by atoms with Crippen molar-refractivity contribution >= 4 is 15.7 Å². The summed E-state index contributed by atoms with van der Waals surface area (Å²) in [6.45, 7) is 2.62. The summed E-state index contributed by atoms with van der Waals surface area (Å²) in [4.78, 5) is 14.6. The number of halogens is 1. The lowest BCUT2D eigenvalue weighted by atomic mass is 10.2. The van der Waals surface area contributed by atoms with Crippen LogP contribution < -0.4 is 4.74 Å². The average molecular weight is 409 g/mol. The third-order valence-corrected chi connectivity index (χ3v) is 6.48. The van der Waals surface area contributed by atoms with Crippen molar-refractivity contribution in [2.75, 3.05) is 18.1 Å². The molecule has 0 aliphatic carbocycles. The van der Waals surface area contributed by atoms with E-state index >= 15 is 0 Å². The molecule has 0 radical (unpaired) electrons. The molecule has 1 amide bonds. The lowest BCUT2D eigenvalue weighted by Crippen LogP contribution is -2.41. The van der Waals surface area contributed by atoms with Gasteiger partial charge in [-0.05, 0) is 49.2 Å². The summed E-state index contributed by atoms with van der Waals surface area (Å²) in [5, 5.41) is 0. The zero-order chi connectivity index (χ0) is 20.1. The predicted molar refractivity (Wildman–Crippen MR) is 102 cm³/mol. The third kappa shape index (κ3) is 5.13. The molecule has 28 heavy (non-hydrogen) atoms. The first kappa shape index (κ1) is 20.4. The molecule has 6 nitrogen and oxygen atoms in total. The van der Waals surface area contributed by atoms with Crippen molar-refractivity contribution in [2.24, 2.45) is 0 Å². The monoisotopic (exact) mass is 409 g/mol. The molecule has 1 aliphatic heterocycles. The van der Waals surface area contributed by atoms with E-state index in [1.165, 1.54) is 24.3 Å². The first-order valence-corrected chi connectivity index (χ1v) is 11.2. The first-order valence-electron chi connectivity index (χ1n) is 9.36. The maximum absolute atomic E-state index is 12.9. The number of unbranched alkanes of at least 4 members (excludes halogenated alkanes) is 1. The van der Waals surface area contributed by atoms with Crippen LogP contribution in [0.1, 0.15) is 42.5 Å². The molecule has 1 fully saturated rings. The van der Waals surface area contributed by atoms with E-state index < -0.39 is 9.84 Å². The van der Waals surface area contributed by atoms with Crippen LogP contribution in [0.5, 0.6) is 5.75 Å². The van der Waals surface area contributed by atoms with E-state index in [9.17, 15) is 17.6 Å². The van der Waals surface area contributed by atoms with Crippen molar-refractivity contribution in [3.63, 3.8) is 0 Å². The lowest BCUT2D eigenvalue weighted by Gasteiger charge is -2.27. The number of hydrogen-bond acceptors (Lipinski definition) is 5. The molecular weight excluding hydrogens is 385 g/mol. The average Bonchev–Trinajstić information content (AvgIpc) is 3.28. The summed E-state index contributed by atoms with van der Waals surface area (Å²) in [5.74, 6) is 0.584. The van der Waals surface area contributed by atoms with Crippen molar-refractivity contribution in [3.8, 4) is 5.75 Å². The van der Waals surface area contributed by atoms with Gasteiger partial charge in [0.2, 0.25) is 0 Å². The number of nitrogens with zero attached hydrogens (tertiary/aromatic N) is 1. The molecule has 8 heteroatoms. The quantitative estimate of drug-likeness (QED) is 0.668. The maximum Gasteiger partial charge on any atom is 0.289 e. The fraction of sp³-hybridized carbons (Fsp3) is 0.450. The van der Waals surface area contributed by atoms with Gasteiger partial charge in [-0.25, -0.2) is 12.8 Å². The fourth-order valence-electron chi connectivity index (χ4n) is 3.20. The fourth-order valence-corrected chi connectivity index (χ4v) is 4.93. The van der Waals surface area contributed by atoms with Gasteiger partial charge in [-0.2, -0.15) is 0 Å². The molecule has 1 saturated heterocycles. The van der Waals surface area contributed by atoms with Crippen LogP contribution in [0, 0.1) is 5.82 Å².